The predicted molar refractivity (Wildman–Crippen MR) is 129 cm³/mol. The molecule has 1 aromatic carbocycles. The minimum absolute atomic E-state index is 0.0330. The van der Waals surface area contributed by atoms with Crippen LogP contribution in [0.1, 0.15) is 57.9 Å². The predicted octanol–water partition coefficient (Wildman–Crippen LogP) is 3.61. The van der Waals surface area contributed by atoms with E-state index in [0.29, 0.717) is 24.5 Å². The van der Waals surface area contributed by atoms with Gasteiger partial charge in [0.2, 0.25) is 5.91 Å². The van der Waals surface area contributed by atoms with Gasteiger partial charge in [-0.2, -0.15) is 5.10 Å². The molecule has 1 saturated carbocycles. The zero-order chi connectivity index (χ0) is 22.7. The Bertz CT molecular complexity index is 1140. The van der Waals surface area contributed by atoms with Gasteiger partial charge in [0.15, 0.2) is 0 Å². The molecule has 0 spiro atoms. The number of para-hydroxylation sites is 1. The van der Waals surface area contributed by atoms with E-state index in [1.165, 1.54) is 36.8 Å². The highest BCUT2D eigenvalue weighted by atomic mass is 16.2. The number of rotatable bonds is 8. The quantitative estimate of drug-likeness (QED) is 0.547. The zero-order valence-corrected chi connectivity index (χ0v) is 19.5. The van der Waals surface area contributed by atoms with Crippen LogP contribution in [0.15, 0.2) is 35.3 Å². The third kappa shape index (κ3) is 4.31. The molecule has 0 radical (unpaired) electrons. The number of carbonyl (C=O) groups excluding carboxylic acids is 1. The molecule has 172 valence electrons. The Kier molecular flexibility index (Phi) is 6.94. The number of aryl methyl sites for hydroxylation is 1. The van der Waals surface area contributed by atoms with Crippen molar-refractivity contribution in [1.82, 2.24) is 24.6 Å². The molecule has 0 unspecified atom stereocenters. The van der Waals surface area contributed by atoms with Crippen molar-refractivity contribution in [1.29, 1.82) is 0 Å². The Balaban J connectivity index is 1.51. The fourth-order valence-electron chi connectivity index (χ4n) is 5.16. The third-order valence-corrected chi connectivity index (χ3v) is 6.99. The molecule has 0 aliphatic heterocycles. The molecule has 2 heterocycles. The first-order valence-electron chi connectivity index (χ1n) is 12.0. The lowest BCUT2D eigenvalue weighted by Crippen LogP contribution is -2.37. The van der Waals surface area contributed by atoms with Gasteiger partial charge in [0.1, 0.15) is 11.6 Å². The molecule has 1 fully saturated rings. The molecule has 1 aliphatic carbocycles. The molecule has 1 atom stereocenters. The minimum atomic E-state index is -0.441. The van der Waals surface area contributed by atoms with E-state index in [1.54, 1.807) is 13.2 Å². The van der Waals surface area contributed by atoms with Crippen molar-refractivity contribution >= 4 is 27.7 Å². The van der Waals surface area contributed by atoms with Gasteiger partial charge in [-0.3, -0.25) is 9.59 Å². The summed E-state index contributed by atoms with van der Waals surface area (Å²) in [6.07, 6.45) is 9.86. The average molecular weight is 438 g/mol. The molecule has 1 aliphatic rings. The first kappa shape index (κ1) is 22.5. The van der Waals surface area contributed by atoms with Gasteiger partial charge in [-0.05, 0) is 45.3 Å². The Morgan fingerprint density at radius 2 is 1.97 bits per heavy atom. The number of hydrogen-bond donors (Lipinski definition) is 1. The summed E-state index contributed by atoms with van der Waals surface area (Å²) in [5.74, 6) is -0.0330. The summed E-state index contributed by atoms with van der Waals surface area (Å²) in [4.78, 5) is 28.7. The summed E-state index contributed by atoms with van der Waals surface area (Å²) in [5.41, 5.74) is 1.26. The zero-order valence-electron chi connectivity index (χ0n) is 19.5. The summed E-state index contributed by atoms with van der Waals surface area (Å²) in [7, 11) is 3.85. The first-order chi connectivity index (χ1) is 15.5. The number of aromatic nitrogens is 3. The minimum Gasteiger partial charge on any atom is -0.354 e. The van der Waals surface area contributed by atoms with Crippen LogP contribution < -0.4 is 10.9 Å². The van der Waals surface area contributed by atoms with Gasteiger partial charge in [-0.1, -0.05) is 44.4 Å². The largest absolute Gasteiger partial charge is 0.354 e. The summed E-state index contributed by atoms with van der Waals surface area (Å²) < 4.78 is 3.25. The van der Waals surface area contributed by atoms with E-state index in [0.717, 1.165) is 29.3 Å². The highest BCUT2D eigenvalue weighted by Gasteiger charge is 2.25. The maximum atomic E-state index is 13.2. The Hall–Kier alpha value is -2.67. The number of amides is 1. The van der Waals surface area contributed by atoms with E-state index < -0.39 is 6.04 Å². The molecule has 1 N–H and O–H groups in total. The van der Waals surface area contributed by atoms with Gasteiger partial charge in [-0.15, -0.1) is 0 Å². The molecule has 32 heavy (non-hydrogen) atoms. The fraction of sp³-hybridized carbons (Fsp3) is 0.560. The first-order valence-corrected chi connectivity index (χ1v) is 12.0. The molecule has 2 aromatic heterocycles. The smallest absolute Gasteiger partial charge is 0.291 e. The monoisotopic (exact) mass is 437 g/mol. The van der Waals surface area contributed by atoms with Crippen LogP contribution in [0.2, 0.25) is 0 Å². The highest BCUT2D eigenvalue weighted by molar-refractivity contribution is 6.08. The van der Waals surface area contributed by atoms with Crippen molar-refractivity contribution in [2.75, 3.05) is 20.1 Å². The van der Waals surface area contributed by atoms with Gasteiger partial charge in [0.25, 0.3) is 5.56 Å². The van der Waals surface area contributed by atoms with E-state index in [4.69, 9.17) is 0 Å². The number of nitrogens with one attached hydrogen (secondary N) is 1. The summed E-state index contributed by atoms with van der Waals surface area (Å²) in [6, 6.07) is 8.11. The SMILES string of the molecule is CC[C@@H](C(=O)NCCCN(C)C1CCCCC1)n1c2ccccc2c2cnn(C)c(=O)c21. The van der Waals surface area contributed by atoms with Gasteiger partial charge < -0.3 is 14.8 Å². The average Bonchev–Trinajstić information content (AvgIpc) is 3.15. The van der Waals surface area contributed by atoms with Crippen LogP contribution in [0.5, 0.6) is 0 Å². The van der Waals surface area contributed by atoms with Gasteiger partial charge in [-0.25, -0.2) is 4.68 Å². The van der Waals surface area contributed by atoms with Crippen LogP contribution in [0.25, 0.3) is 21.8 Å². The number of benzene rings is 1. The van der Waals surface area contributed by atoms with Crippen molar-refractivity contribution in [3.8, 4) is 0 Å². The molecular formula is C25H35N5O2. The van der Waals surface area contributed by atoms with E-state index in [1.807, 2.05) is 35.8 Å². The van der Waals surface area contributed by atoms with Crippen molar-refractivity contribution in [3.63, 3.8) is 0 Å². The molecule has 4 rings (SSSR count). The van der Waals surface area contributed by atoms with Crippen molar-refractivity contribution in [2.45, 2.75) is 64.0 Å². The van der Waals surface area contributed by atoms with Crippen molar-refractivity contribution < 1.29 is 4.79 Å². The number of nitrogens with zero attached hydrogens (tertiary/aromatic N) is 4. The van der Waals surface area contributed by atoms with Crippen LogP contribution in [0.3, 0.4) is 0 Å². The number of fused-ring (bicyclic) bond motifs is 3. The second kappa shape index (κ2) is 9.86. The molecule has 7 nitrogen and oxygen atoms in total. The lowest BCUT2D eigenvalue weighted by atomic mass is 9.94. The van der Waals surface area contributed by atoms with E-state index in [2.05, 4.69) is 22.4 Å². The van der Waals surface area contributed by atoms with Crippen LogP contribution in [-0.2, 0) is 11.8 Å². The summed E-state index contributed by atoms with van der Waals surface area (Å²) in [5, 5.41) is 9.08. The van der Waals surface area contributed by atoms with Gasteiger partial charge in [0, 0.05) is 30.4 Å². The fourth-order valence-corrected chi connectivity index (χ4v) is 5.16. The van der Waals surface area contributed by atoms with E-state index >= 15 is 0 Å². The Morgan fingerprint density at radius 1 is 1.22 bits per heavy atom. The Morgan fingerprint density at radius 3 is 2.72 bits per heavy atom. The van der Waals surface area contributed by atoms with Crippen LogP contribution >= 0.6 is 0 Å². The van der Waals surface area contributed by atoms with E-state index in [-0.39, 0.29) is 11.5 Å². The Labute approximate surface area is 189 Å². The van der Waals surface area contributed by atoms with Crippen molar-refractivity contribution in [2.24, 2.45) is 7.05 Å². The lowest BCUT2D eigenvalue weighted by molar-refractivity contribution is -0.124. The van der Waals surface area contributed by atoms with Crippen molar-refractivity contribution in [3.05, 3.63) is 40.8 Å². The van der Waals surface area contributed by atoms with Crippen LogP contribution in [-0.4, -0.2) is 51.3 Å². The molecule has 7 heteroatoms. The molecule has 0 bridgehead atoms. The third-order valence-electron chi connectivity index (χ3n) is 6.99. The lowest BCUT2D eigenvalue weighted by Gasteiger charge is -2.31. The molecule has 3 aromatic rings. The van der Waals surface area contributed by atoms with Gasteiger partial charge in [0.05, 0.1) is 11.7 Å². The molecule has 0 saturated heterocycles. The maximum Gasteiger partial charge on any atom is 0.291 e. The highest BCUT2D eigenvalue weighted by Crippen LogP contribution is 2.30. The topological polar surface area (TPSA) is 72.2 Å². The van der Waals surface area contributed by atoms with Crippen LogP contribution in [0, 0.1) is 0 Å². The van der Waals surface area contributed by atoms with Crippen LogP contribution in [0.4, 0.5) is 0 Å². The summed E-state index contributed by atoms with van der Waals surface area (Å²) >= 11 is 0. The number of hydrogen-bond acceptors (Lipinski definition) is 4. The van der Waals surface area contributed by atoms with E-state index in [9.17, 15) is 9.59 Å². The normalized spacial score (nSPS) is 16.1. The maximum absolute atomic E-state index is 13.2. The molecule has 1 amide bonds. The number of carbonyl (C=O) groups is 1. The second-order valence-electron chi connectivity index (χ2n) is 9.06. The molecular weight excluding hydrogens is 402 g/mol. The standard InChI is InChI=1S/C25H35N5O2/c1-4-21(24(31)26-15-10-16-28(2)18-11-6-5-7-12-18)30-22-14-9-8-13-19(22)20-17-27-29(3)25(32)23(20)30/h8-9,13-14,17-18,21H,4-7,10-12,15-16H2,1-3H3,(H,26,31)/t21-/m0/s1. The van der Waals surface area contributed by atoms with Gasteiger partial charge >= 0.3 is 0 Å². The second-order valence-corrected chi connectivity index (χ2v) is 9.06. The summed E-state index contributed by atoms with van der Waals surface area (Å²) in [6.45, 7) is 3.62.